The van der Waals surface area contributed by atoms with E-state index in [1.807, 2.05) is 42.5 Å². The van der Waals surface area contributed by atoms with E-state index >= 15 is 0 Å². The van der Waals surface area contributed by atoms with Gasteiger partial charge in [-0.1, -0.05) is 46.3 Å². The quantitative estimate of drug-likeness (QED) is 0.437. The summed E-state index contributed by atoms with van der Waals surface area (Å²) >= 11 is 3.38. The second kappa shape index (κ2) is 9.31. The molecule has 0 aliphatic carbocycles. The van der Waals surface area contributed by atoms with Crippen molar-refractivity contribution >= 4 is 39.1 Å². The van der Waals surface area contributed by atoms with E-state index in [1.165, 1.54) is 4.80 Å². The van der Waals surface area contributed by atoms with Gasteiger partial charge in [-0.25, -0.2) is 0 Å². The van der Waals surface area contributed by atoms with E-state index < -0.39 is 0 Å². The van der Waals surface area contributed by atoms with Gasteiger partial charge in [0.05, 0.1) is 11.3 Å². The van der Waals surface area contributed by atoms with Crippen LogP contribution in [0.5, 0.6) is 0 Å². The Balaban J connectivity index is 1.43. The van der Waals surface area contributed by atoms with Gasteiger partial charge >= 0.3 is 0 Å². The Bertz CT molecular complexity index is 1210. The number of anilines is 2. The first-order valence-electron chi connectivity index (χ1n) is 9.37. The zero-order valence-electron chi connectivity index (χ0n) is 16.2. The lowest BCUT2D eigenvalue weighted by molar-refractivity contribution is -0.117. The highest BCUT2D eigenvalue weighted by molar-refractivity contribution is 9.10. The predicted molar refractivity (Wildman–Crippen MR) is 120 cm³/mol. The van der Waals surface area contributed by atoms with Gasteiger partial charge in [0.25, 0.3) is 5.91 Å². The van der Waals surface area contributed by atoms with Crippen LogP contribution in [0.4, 0.5) is 11.4 Å². The van der Waals surface area contributed by atoms with Gasteiger partial charge in [-0.05, 0) is 53.7 Å². The number of nitrogens with zero attached hydrogens (tertiary/aromatic N) is 4. The van der Waals surface area contributed by atoms with Gasteiger partial charge in [-0.15, -0.1) is 10.2 Å². The molecule has 0 aliphatic heterocycles. The van der Waals surface area contributed by atoms with Crippen molar-refractivity contribution in [3.8, 4) is 11.4 Å². The molecule has 2 amide bonds. The van der Waals surface area contributed by atoms with Gasteiger partial charge in [0.15, 0.2) is 0 Å². The third kappa shape index (κ3) is 5.20. The molecule has 0 saturated heterocycles. The molecule has 0 fully saturated rings. The Morgan fingerprint density at radius 1 is 0.871 bits per heavy atom. The molecule has 154 valence electrons. The Kier molecular flexibility index (Phi) is 6.13. The van der Waals surface area contributed by atoms with Crippen LogP contribution in [0.3, 0.4) is 0 Å². The number of carbonyl (C=O) groups is 2. The number of nitrogens with one attached hydrogen (secondary N) is 2. The maximum atomic E-state index is 12.7. The Morgan fingerprint density at radius 3 is 2.35 bits per heavy atom. The van der Waals surface area contributed by atoms with Crippen molar-refractivity contribution in [3.63, 3.8) is 0 Å². The van der Waals surface area contributed by atoms with Gasteiger partial charge in [-0.2, -0.15) is 4.80 Å². The van der Waals surface area contributed by atoms with Crippen LogP contribution in [-0.2, 0) is 11.3 Å². The van der Waals surface area contributed by atoms with Crippen LogP contribution in [0.1, 0.15) is 10.4 Å². The van der Waals surface area contributed by atoms with Crippen LogP contribution in [-0.4, -0.2) is 32.0 Å². The summed E-state index contributed by atoms with van der Waals surface area (Å²) < 4.78 is 0.943. The molecule has 3 aromatic carbocycles. The summed E-state index contributed by atoms with van der Waals surface area (Å²) in [6.45, 7) is -0.141. The van der Waals surface area contributed by atoms with Crippen LogP contribution in [0.2, 0.25) is 0 Å². The Morgan fingerprint density at radius 2 is 1.58 bits per heavy atom. The summed E-state index contributed by atoms with van der Waals surface area (Å²) in [4.78, 5) is 26.4. The van der Waals surface area contributed by atoms with Crippen molar-refractivity contribution in [1.82, 2.24) is 20.2 Å². The number of hydrogen-bond donors (Lipinski definition) is 2. The van der Waals surface area contributed by atoms with Crippen molar-refractivity contribution in [1.29, 1.82) is 0 Å². The van der Waals surface area contributed by atoms with Gasteiger partial charge in [0, 0.05) is 15.7 Å². The van der Waals surface area contributed by atoms with Crippen molar-refractivity contribution in [2.45, 2.75) is 6.54 Å². The number of amides is 2. The van der Waals surface area contributed by atoms with Crippen molar-refractivity contribution < 1.29 is 9.59 Å². The fraction of sp³-hybridized carbons (Fsp3) is 0.0455. The van der Waals surface area contributed by atoms with Crippen molar-refractivity contribution in [2.75, 3.05) is 10.6 Å². The molecule has 0 unspecified atom stereocenters. The summed E-state index contributed by atoms with van der Waals surface area (Å²) in [5.41, 5.74) is 2.20. The number of hydrogen-bond acceptors (Lipinski definition) is 5. The normalized spacial score (nSPS) is 10.5. The average Bonchev–Trinajstić information content (AvgIpc) is 3.23. The largest absolute Gasteiger partial charge is 0.324 e. The standard InChI is InChI=1S/C22H17BrN6O2/c23-16-12-10-15(11-13-16)21-26-28-29(27-21)14-20(30)25-19-9-5-4-8-18(19)22(31)24-17-6-2-1-3-7-17/h1-13H,14H2,(H,24,31)(H,25,30). The molecule has 0 atom stereocenters. The zero-order valence-corrected chi connectivity index (χ0v) is 17.8. The molecule has 0 bridgehead atoms. The summed E-state index contributed by atoms with van der Waals surface area (Å²) in [6.07, 6.45) is 0. The van der Waals surface area contributed by atoms with E-state index in [4.69, 9.17) is 0 Å². The van der Waals surface area contributed by atoms with Crippen LogP contribution in [0.25, 0.3) is 11.4 Å². The molecule has 9 heteroatoms. The number of aromatic nitrogens is 4. The summed E-state index contributed by atoms with van der Waals surface area (Å²) in [5.74, 6) is -0.277. The first-order valence-corrected chi connectivity index (χ1v) is 10.2. The number of benzene rings is 3. The fourth-order valence-electron chi connectivity index (χ4n) is 2.85. The van der Waals surface area contributed by atoms with Crippen LogP contribution in [0, 0.1) is 0 Å². The van der Waals surface area contributed by atoms with E-state index in [1.54, 1.807) is 36.4 Å². The van der Waals surface area contributed by atoms with Gasteiger partial charge in [0.1, 0.15) is 6.54 Å². The average molecular weight is 477 g/mol. The van der Waals surface area contributed by atoms with E-state index in [2.05, 4.69) is 42.0 Å². The zero-order chi connectivity index (χ0) is 21.6. The smallest absolute Gasteiger partial charge is 0.257 e. The molecule has 0 radical (unpaired) electrons. The van der Waals surface area contributed by atoms with E-state index in [9.17, 15) is 9.59 Å². The molecule has 31 heavy (non-hydrogen) atoms. The van der Waals surface area contributed by atoms with Crippen molar-refractivity contribution in [2.24, 2.45) is 0 Å². The molecule has 4 aromatic rings. The number of carbonyl (C=O) groups excluding carboxylic acids is 2. The summed E-state index contributed by atoms with van der Waals surface area (Å²) in [5, 5.41) is 17.7. The highest BCUT2D eigenvalue weighted by Gasteiger charge is 2.15. The second-order valence-corrected chi connectivity index (χ2v) is 7.48. The summed E-state index contributed by atoms with van der Waals surface area (Å²) in [7, 11) is 0. The molecule has 0 saturated carbocycles. The molecule has 1 aromatic heterocycles. The lowest BCUT2D eigenvalue weighted by atomic mass is 10.1. The Labute approximate surface area is 186 Å². The minimum Gasteiger partial charge on any atom is -0.324 e. The van der Waals surface area contributed by atoms with Gasteiger partial charge in [0.2, 0.25) is 11.7 Å². The minimum absolute atomic E-state index is 0.141. The monoisotopic (exact) mass is 476 g/mol. The first-order chi connectivity index (χ1) is 15.1. The molecular weight excluding hydrogens is 460 g/mol. The highest BCUT2D eigenvalue weighted by atomic mass is 79.9. The topological polar surface area (TPSA) is 102 Å². The van der Waals surface area contributed by atoms with Gasteiger partial charge in [-0.3, -0.25) is 9.59 Å². The molecule has 2 N–H and O–H groups in total. The predicted octanol–water partition coefficient (Wildman–Crippen LogP) is 3.99. The number of para-hydroxylation sites is 2. The third-order valence-corrected chi connectivity index (χ3v) is 4.85. The van der Waals surface area contributed by atoms with E-state index in [-0.39, 0.29) is 18.4 Å². The van der Waals surface area contributed by atoms with Crippen molar-refractivity contribution in [3.05, 3.63) is 88.9 Å². The lowest BCUT2D eigenvalue weighted by Gasteiger charge is -2.11. The Hall–Kier alpha value is -3.85. The minimum atomic E-state index is -0.375. The number of halogens is 1. The fourth-order valence-corrected chi connectivity index (χ4v) is 3.12. The maximum Gasteiger partial charge on any atom is 0.257 e. The highest BCUT2D eigenvalue weighted by Crippen LogP contribution is 2.19. The molecule has 8 nitrogen and oxygen atoms in total. The van der Waals surface area contributed by atoms with Crippen LogP contribution < -0.4 is 10.6 Å². The number of rotatable bonds is 6. The third-order valence-electron chi connectivity index (χ3n) is 4.32. The SMILES string of the molecule is O=C(Cn1nnc(-c2ccc(Br)cc2)n1)Nc1ccccc1C(=O)Nc1ccccc1. The molecule has 4 rings (SSSR count). The van der Waals surface area contributed by atoms with Gasteiger partial charge < -0.3 is 10.6 Å². The number of tetrazole rings is 1. The molecule has 1 heterocycles. The van der Waals surface area contributed by atoms with E-state index in [0.717, 1.165) is 10.0 Å². The van der Waals surface area contributed by atoms with E-state index in [0.29, 0.717) is 22.8 Å². The maximum absolute atomic E-state index is 12.7. The molecular formula is C22H17BrN6O2. The summed E-state index contributed by atoms with van der Waals surface area (Å²) in [6, 6.07) is 23.4. The first kappa shape index (κ1) is 20.4. The molecule has 0 aliphatic rings. The van der Waals surface area contributed by atoms with Crippen LogP contribution in [0.15, 0.2) is 83.3 Å². The lowest BCUT2D eigenvalue weighted by Crippen LogP contribution is -2.22. The van der Waals surface area contributed by atoms with Crippen LogP contribution >= 0.6 is 15.9 Å². The molecule has 0 spiro atoms. The second-order valence-electron chi connectivity index (χ2n) is 6.56.